The number of benzene rings is 2. The van der Waals surface area contributed by atoms with Gasteiger partial charge in [0.25, 0.3) is 0 Å². The Bertz CT molecular complexity index is 853. The first-order chi connectivity index (χ1) is 10.1. The third-order valence-corrected chi connectivity index (χ3v) is 4.02. The van der Waals surface area contributed by atoms with E-state index >= 15 is 0 Å². The van der Waals surface area contributed by atoms with Crippen LogP contribution in [0.4, 0.5) is 0 Å². The quantitative estimate of drug-likeness (QED) is 0.749. The van der Waals surface area contributed by atoms with Crippen LogP contribution in [0.2, 0.25) is 5.02 Å². The van der Waals surface area contributed by atoms with Crippen LogP contribution in [-0.2, 0) is 0 Å². The highest BCUT2D eigenvalue weighted by molar-refractivity contribution is 6.31. The summed E-state index contributed by atoms with van der Waals surface area (Å²) in [5.74, 6) is 0.777. The molecule has 1 aliphatic rings. The van der Waals surface area contributed by atoms with Gasteiger partial charge in [-0.15, -0.1) is 0 Å². The van der Waals surface area contributed by atoms with Crippen molar-refractivity contribution in [3.63, 3.8) is 0 Å². The molecule has 0 amide bonds. The van der Waals surface area contributed by atoms with E-state index in [1.165, 1.54) is 6.07 Å². The number of fused-ring (bicyclic) bond motifs is 1. The van der Waals surface area contributed by atoms with E-state index in [9.17, 15) is 10.2 Å². The summed E-state index contributed by atoms with van der Waals surface area (Å²) < 4.78 is 2.13. The van der Waals surface area contributed by atoms with Gasteiger partial charge in [-0.2, -0.15) is 0 Å². The number of rotatable bonds is 2. The molecule has 106 valence electrons. The number of phenols is 2. The zero-order valence-electron chi connectivity index (χ0n) is 11.1. The third kappa shape index (κ3) is 2.03. The Morgan fingerprint density at radius 1 is 1.10 bits per heavy atom. The second-order valence-corrected chi connectivity index (χ2v) is 5.81. The van der Waals surface area contributed by atoms with Gasteiger partial charge in [-0.25, -0.2) is 4.98 Å². The second kappa shape index (κ2) is 4.40. The van der Waals surface area contributed by atoms with E-state index in [0.717, 1.165) is 23.9 Å². The van der Waals surface area contributed by atoms with Crippen molar-refractivity contribution < 1.29 is 10.2 Å². The number of imidazole rings is 1. The van der Waals surface area contributed by atoms with Crippen LogP contribution in [0.1, 0.15) is 18.9 Å². The van der Waals surface area contributed by atoms with Crippen molar-refractivity contribution in [3.05, 3.63) is 41.4 Å². The number of phenolic OH excluding ortho intramolecular Hbond substituents is 2. The van der Waals surface area contributed by atoms with Crippen molar-refractivity contribution in [2.45, 2.75) is 18.9 Å². The lowest BCUT2D eigenvalue weighted by atomic mass is 10.2. The van der Waals surface area contributed by atoms with Gasteiger partial charge in [0.15, 0.2) is 0 Å². The number of hydrogen-bond donors (Lipinski definition) is 2. The average Bonchev–Trinajstić information content (AvgIpc) is 3.20. The molecule has 1 saturated carbocycles. The first-order valence-corrected chi connectivity index (χ1v) is 7.21. The smallest absolute Gasteiger partial charge is 0.145 e. The maximum atomic E-state index is 10.1. The van der Waals surface area contributed by atoms with Crippen LogP contribution in [-0.4, -0.2) is 19.8 Å². The van der Waals surface area contributed by atoms with E-state index < -0.39 is 0 Å². The van der Waals surface area contributed by atoms with Gasteiger partial charge in [-0.3, -0.25) is 0 Å². The normalized spacial score (nSPS) is 14.7. The molecular weight excluding hydrogens is 288 g/mol. The predicted molar refractivity (Wildman–Crippen MR) is 81.8 cm³/mol. The molecule has 4 rings (SSSR count). The van der Waals surface area contributed by atoms with Crippen LogP contribution >= 0.6 is 11.6 Å². The zero-order chi connectivity index (χ0) is 14.6. The zero-order valence-corrected chi connectivity index (χ0v) is 11.9. The fourth-order valence-electron chi connectivity index (χ4n) is 2.67. The Morgan fingerprint density at radius 2 is 1.90 bits per heavy atom. The molecule has 3 aromatic rings. The SMILES string of the molecule is Oc1ccc(-c2nc3ccc(Cl)cc3n2C2CC2)c(O)c1. The van der Waals surface area contributed by atoms with E-state index in [1.807, 2.05) is 18.2 Å². The third-order valence-electron chi connectivity index (χ3n) is 3.79. The lowest BCUT2D eigenvalue weighted by Crippen LogP contribution is -1.97. The van der Waals surface area contributed by atoms with Gasteiger partial charge in [0.1, 0.15) is 17.3 Å². The monoisotopic (exact) mass is 300 g/mol. The Morgan fingerprint density at radius 3 is 2.62 bits per heavy atom. The first kappa shape index (κ1) is 12.5. The van der Waals surface area contributed by atoms with Crippen LogP contribution in [0, 0.1) is 0 Å². The Labute approximate surface area is 126 Å². The predicted octanol–water partition coefficient (Wildman–Crippen LogP) is 4.10. The highest BCUT2D eigenvalue weighted by Gasteiger charge is 2.29. The van der Waals surface area contributed by atoms with Crippen LogP contribution in [0.3, 0.4) is 0 Å². The van der Waals surface area contributed by atoms with Gasteiger partial charge in [0.05, 0.1) is 16.6 Å². The number of nitrogens with zero attached hydrogens (tertiary/aromatic N) is 2. The number of hydrogen-bond acceptors (Lipinski definition) is 3. The molecule has 21 heavy (non-hydrogen) atoms. The van der Waals surface area contributed by atoms with E-state index in [1.54, 1.807) is 12.1 Å². The molecule has 2 N–H and O–H groups in total. The Balaban J connectivity index is 2.01. The molecule has 0 aliphatic heterocycles. The number of aromatic hydroxyl groups is 2. The number of halogens is 1. The average molecular weight is 301 g/mol. The van der Waals surface area contributed by atoms with Gasteiger partial charge < -0.3 is 14.8 Å². The minimum absolute atomic E-state index is 0.0262. The van der Waals surface area contributed by atoms with E-state index in [2.05, 4.69) is 9.55 Å². The van der Waals surface area contributed by atoms with E-state index in [-0.39, 0.29) is 11.5 Å². The molecule has 0 bridgehead atoms. The molecule has 5 heteroatoms. The summed E-state index contributed by atoms with van der Waals surface area (Å²) in [5, 5.41) is 20.2. The maximum absolute atomic E-state index is 10.1. The summed E-state index contributed by atoms with van der Waals surface area (Å²) in [7, 11) is 0. The van der Waals surface area contributed by atoms with Crippen LogP contribution in [0.5, 0.6) is 11.5 Å². The van der Waals surface area contributed by atoms with Gasteiger partial charge in [0.2, 0.25) is 0 Å². The van der Waals surface area contributed by atoms with Crippen molar-refractivity contribution >= 4 is 22.6 Å². The lowest BCUT2D eigenvalue weighted by Gasteiger charge is -2.09. The van der Waals surface area contributed by atoms with Gasteiger partial charge >= 0.3 is 0 Å². The molecule has 4 nitrogen and oxygen atoms in total. The maximum Gasteiger partial charge on any atom is 0.145 e. The first-order valence-electron chi connectivity index (χ1n) is 6.83. The van der Waals surface area contributed by atoms with Gasteiger partial charge in [-0.05, 0) is 43.2 Å². The summed E-state index contributed by atoms with van der Waals surface area (Å²) in [5.41, 5.74) is 2.45. The molecule has 1 heterocycles. The molecule has 0 unspecified atom stereocenters. The van der Waals surface area contributed by atoms with E-state index in [4.69, 9.17) is 11.6 Å². The van der Waals surface area contributed by atoms with Crippen LogP contribution in [0.25, 0.3) is 22.4 Å². The van der Waals surface area contributed by atoms with Crippen molar-refractivity contribution in [2.75, 3.05) is 0 Å². The summed E-state index contributed by atoms with van der Waals surface area (Å²) in [6, 6.07) is 10.6. The molecule has 0 radical (unpaired) electrons. The lowest BCUT2D eigenvalue weighted by molar-refractivity contribution is 0.451. The minimum atomic E-state index is 0.0262. The second-order valence-electron chi connectivity index (χ2n) is 5.37. The molecule has 1 fully saturated rings. The number of aromatic nitrogens is 2. The molecule has 0 saturated heterocycles. The van der Waals surface area contributed by atoms with Gasteiger partial charge in [-0.1, -0.05) is 11.6 Å². The summed E-state index contributed by atoms with van der Waals surface area (Å²) in [6.07, 6.45) is 2.20. The van der Waals surface area contributed by atoms with Crippen molar-refractivity contribution in [1.82, 2.24) is 9.55 Å². The van der Waals surface area contributed by atoms with Crippen LogP contribution in [0.15, 0.2) is 36.4 Å². The summed E-state index contributed by atoms with van der Waals surface area (Å²) >= 11 is 6.10. The van der Waals surface area contributed by atoms with Crippen LogP contribution < -0.4 is 0 Å². The Hall–Kier alpha value is -2.20. The fraction of sp³-hybridized carbons (Fsp3) is 0.188. The molecule has 0 atom stereocenters. The van der Waals surface area contributed by atoms with Crippen molar-refractivity contribution in [1.29, 1.82) is 0 Å². The highest BCUT2D eigenvalue weighted by Crippen LogP contribution is 2.43. The van der Waals surface area contributed by atoms with Crippen molar-refractivity contribution in [2.24, 2.45) is 0 Å². The standard InChI is InChI=1S/C16H13ClN2O2/c17-9-1-6-13-14(7-9)19(10-2-3-10)16(18-13)12-5-4-11(20)8-15(12)21/h1,4-8,10,20-21H,2-3H2. The molecular formula is C16H13ClN2O2. The van der Waals surface area contributed by atoms with Gasteiger partial charge in [0, 0.05) is 17.1 Å². The molecule has 1 aromatic heterocycles. The van der Waals surface area contributed by atoms with Crippen molar-refractivity contribution in [3.8, 4) is 22.9 Å². The highest BCUT2D eigenvalue weighted by atomic mass is 35.5. The fourth-order valence-corrected chi connectivity index (χ4v) is 2.83. The minimum Gasteiger partial charge on any atom is -0.508 e. The molecule has 0 spiro atoms. The van der Waals surface area contributed by atoms with E-state index in [0.29, 0.717) is 22.5 Å². The largest absolute Gasteiger partial charge is 0.508 e. The Kier molecular flexibility index (Phi) is 2.62. The summed E-state index contributed by atoms with van der Waals surface area (Å²) in [6.45, 7) is 0. The summed E-state index contributed by atoms with van der Waals surface area (Å²) in [4.78, 5) is 4.64. The molecule has 2 aromatic carbocycles. The topological polar surface area (TPSA) is 58.3 Å². The molecule has 1 aliphatic carbocycles.